The maximum absolute atomic E-state index is 5.39. The third kappa shape index (κ3) is 3.47. The third-order valence-corrected chi connectivity index (χ3v) is 10.5. The molecule has 1 spiro atoms. The SMILES string of the molecule is c1ccc2c(c1)-c1ccccc1C21c2ccccc2-c2c(-c3nc(-c4ccc5ccc6cccnc6c5n4)c4ccccc4n3)cccc21. The van der Waals surface area contributed by atoms with Gasteiger partial charge in [0, 0.05) is 27.9 Å². The van der Waals surface area contributed by atoms with Crippen molar-refractivity contribution in [1.29, 1.82) is 0 Å². The van der Waals surface area contributed by atoms with E-state index in [1.54, 1.807) is 0 Å². The number of para-hydroxylation sites is 1. The van der Waals surface area contributed by atoms with Gasteiger partial charge in [0.15, 0.2) is 5.82 Å². The van der Waals surface area contributed by atoms with E-state index in [1.165, 1.54) is 44.5 Å². The van der Waals surface area contributed by atoms with Crippen molar-refractivity contribution in [2.45, 2.75) is 5.41 Å². The Balaban J connectivity index is 1.20. The van der Waals surface area contributed by atoms with Gasteiger partial charge in [-0.25, -0.2) is 15.0 Å². The van der Waals surface area contributed by atoms with Crippen molar-refractivity contribution in [1.82, 2.24) is 19.9 Å². The first-order valence-electron chi connectivity index (χ1n) is 16.7. The number of hydrogen-bond acceptors (Lipinski definition) is 4. The van der Waals surface area contributed by atoms with Crippen molar-refractivity contribution in [3.63, 3.8) is 0 Å². The highest BCUT2D eigenvalue weighted by Crippen LogP contribution is 2.63. The van der Waals surface area contributed by atoms with E-state index in [-0.39, 0.29) is 0 Å². The highest BCUT2D eigenvalue weighted by Gasteiger charge is 2.52. The van der Waals surface area contributed by atoms with Crippen LogP contribution in [0.15, 0.2) is 158 Å². The first-order valence-corrected chi connectivity index (χ1v) is 16.7. The molecule has 0 fully saturated rings. The van der Waals surface area contributed by atoms with Gasteiger partial charge in [-0.3, -0.25) is 4.98 Å². The zero-order chi connectivity index (χ0) is 32.1. The minimum absolute atomic E-state index is 0.428. The Kier molecular flexibility index (Phi) is 5.28. The molecule has 2 aliphatic rings. The van der Waals surface area contributed by atoms with Crippen LogP contribution in [-0.2, 0) is 5.41 Å². The molecule has 0 N–H and O–H groups in total. The number of hydrogen-bond donors (Lipinski definition) is 0. The van der Waals surface area contributed by atoms with Gasteiger partial charge < -0.3 is 0 Å². The second-order valence-corrected chi connectivity index (χ2v) is 12.9. The lowest BCUT2D eigenvalue weighted by atomic mass is 9.70. The highest BCUT2D eigenvalue weighted by atomic mass is 14.9. The molecule has 4 heteroatoms. The Morgan fingerprint density at radius 3 is 1.82 bits per heavy atom. The molecule has 0 radical (unpaired) electrons. The number of benzene rings is 6. The van der Waals surface area contributed by atoms with E-state index in [4.69, 9.17) is 19.9 Å². The summed E-state index contributed by atoms with van der Waals surface area (Å²) in [5, 5.41) is 3.08. The normalized spacial score (nSPS) is 13.5. The van der Waals surface area contributed by atoms with E-state index in [9.17, 15) is 0 Å². The van der Waals surface area contributed by atoms with Crippen LogP contribution in [-0.4, -0.2) is 19.9 Å². The van der Waals surface area contributed by atoms with Crippen molar-refractivity contribution >= 4 is 32.7 Å². The standard InChI is InChI=1S/C45H26N4/c1-5-17-34-29(12-1)30-13-2-6-18-35(30)45(34)36-19-7-3-14-31(36)40-33(16-9-20-37(40)45)44-48-38-21-8-4-15-32(38)43(49-44)39-25-24-28-23-22-27-11-10-26-46-41(27)42(28)47-39/h1-26H. The Morgan fingerprint density at radius 2 is 1.02 bits per heavy atom. The monoisotopic (exact) mass is 622 g/mol. The number of fused-ring (bicyclic) bond motifs is 14. The second-order valence-electron chi connectivity index (χ2n) is 12.9. The fourth-order valence-corrected chi connectivity index (χ4v) is 8.58. The third-order valence-electron chi connectivity index (χ3n) is 10.5. The molecule has 0 atom stereocenters. The molecule has 49 heavy (non-hydrogen) atoms. The van der Waals surface area contributed by atoms with Gasteiger partial charge in [-0.05, 0) is 62.7 Å². The van der Waals surface area contributed by atoms with Crippen LogP contribution in [0.1, 0.15) is 22.3 Å². The lowest BCUT2D eigenvalue weighted by Crippen LogP contribution is -2.25. The molecule has 6 aromatic carbocycles. The number of nitrogens with zero attached hydrogens (tertiary/aromatic N) is 4. The lowest BCUT2D eigenvalue weighted by Gasteiger charge is -2.30. The summed E-state index contributed by atoms with van der Waals surface area (Å²) in [6.07, 6.45) is 1.83. The second kappa shape index (κ2) is 9.75. The van der Waals surface area contributed by atoms with Crippen LogP contribution in [0.25, 0.3) is 77.7 Å². The molecule has 226 valence electrons. The molecular weight excluding hydrogens is 597 g/mol. The van der Waals surface area contributed by atoms with Crippen LogP contribution in [0.2, 0.25) is 0 Å². The van der Waals surface area contributed by atoms with Gasteiger partial charge >= 0.3 is 0 Å². The predicted molar refractivity (Wildman–Crippen MR) is 197 cm³/mol. The molecule has 0 bridgehead atoms. The molecule has 0 unspecified atom stereocenters. The first kappa shape index (κ1) is 26.5. The van der Waals surface area contributed by atoms with Gasteiger partial charge in [0.05, 0.1) is 27.7 Å². The molecule has 0 saturated heterocycles. The lowest BCUT2D eigenvalue weighted by molar-refractivity contribution is 0.794. The van der Waals surface area contributed by atoms with Crippen molar-refractivity contribution in [2.24, 2.45) is 0 Å². The van der Waals surface area contributed by atoms with E-state index >= 15 is 0 Å². The molecule has 0 saturated carbocycles. The molecule has 9 aromatic rings. The van der Waals surface area contributed by atoms with E-state index in [1.807, 2.05) is 24.4 Å². The Labute approximate surface area is 282 Å². The van der Waals surface area contributed by atoms with Crippen LogP contribution >= 0.6 is 0 Å². The Bertz CT molecular complexity index is 2810. The summed E-state index contributed by atoms with van der Waals surface area (Å²) < 4.78 is 0. The van der Waals surface area contributed by atoms with Crippen molar-refractivity contribution in [2.75, 3.05) is 0 Å². The van der Waals surface area contributed by atoms with Gasteiger partial charge in [0.1, 0.15) is 5.69 Å². The van der Waals surface area contributed by atoms with Crippen LogP contribution in [0, 0.1) is 0 Å². The summed E-state index contributed by atoms with van der Waals surface area (Å²) in [5.74, 6) is 0.690. The quantitative estimate of drug-likeness (QED) is 0.180. The maximum atomic E-state index is 5.39. The topological polar surface area (TPSA) is 51.6 Å². The summed E-state index contributed by atoms with van der Waals surface area (Å²) in [5.41, 5.74) is 15.0. The van der Waals surface area contributed by atoms with Crippen LogP contribution < -0.4 is 0 Å². The van der Waals surface area contributed by atoms with Gasteiger partial charge in [-0.15, -0.1) is 0 Å². The largest absolute Gasteiger partial charge is 0.254 e. The summed E-state index contributed by atoms with van der Waals surface area (Å²) in [4.78, 5) is 20.6. The van der Waals surface area contributed by atoms with E-state index in [2.05, 4.69) is 133 Å². The van der Waals surface area contributed by atoms with Gasteiger partial charge in [-0.1, -0.05) is 133 Å². The Hall–Kier alpha value is -6.52. The number of pyridine rings is 2. The fraction of sp³-hybridized carbons (Fsp3) is 0.0222. The van der Waals surface area contributed by atoms with E-state index < -0.39 is 5.41 Å². The predicted octanol–water partition coefficient (Wildman–Crippen LogP) is 10.4. The van der Waals surface area contributed by atoms with Crippen LogP contribution in [0.5, 0.6) is 0 Å². The zero-order valence-electron chi connectivity index (χ0n) is 26.3. The Morgan fingerprint density at radius 1 is 0.408 bits per heavy atom. The van der Waals surface area contributed by atoms with Crippen LogP contribution in [0.4, 0.5) is 0 Å². The molecule has 3 aromatic heterocycles. The number of rotatable bonds is 2. The summed E-state index contributed by atoms with van der Waals surface area (Å²) in [6.45, 7) is 0. The minimum Gasteiger partial charge on any atom is -0.254 e. The molecule has 3 heterocycles. The average molecular weight is 623 g/mol. The molecular formula is C45H26N4. The highest BCUT2D eigenvalue weighted by molar-refractivity contribution is 6.05. The summed E-state index contributed by atoms with van der Waals surface area (Å²) in [7, 11) is 0. The van der Waals surface area contributed by atoms with Crippen LogP contribution in [0.3, 0.4) is 0 Å². The first-order chi connectivity index (χ1) is 24.3. The van der Waals surface area contributed by atoms with Gasteiger partial charge in [0.25, 0.3) is 0 Å². The smallest absolute Gasteiger partial charge is 0.161 e. The molecule has 2 aliphatic carbocycles. The summed E-state index contributed by atoms with van der Waals surface area (Å²) in [6, 6.07) is 54.0. The zero-order valence-corrected chi connectivity index (χ0v) is 26.3. The van der Waals surface area contributed by atoms with E-state index in [0.29, 0.717) is 5.82 Å². The fourth-order valence-electron chi connectivity index (χ4n) is 8.58. The molecule has 0 amide bonds. The van der Waals surface area contributed by atoms with Crippen molar-refractivity contribution in [3.8, 4) is 45.0 Å². The maximum Gasteiger partial charge on any atom is 0.161 e. The average Bonchev–Trinajstić information content (AvgIpc) is 3.65. The summed E-state index contributed by atoms with van der Waals surface area (Å²) >= 11 is 0. The van der Waals surface area contributed by atoms with Crippen molar-refractivity contribution < 1.29 is 0 Å². The van der Waals surface area contributed by atoms with Crippen molar-refractivity contribution in [3.05, 3.63) is 180 Å². The molecule has 11 rings (SSSR count). The van der Waals surface area contributed by atoms with Gasteiger partial charge in [-0.2, -0.15) is 0 Å². The number of aromatic nitrogens is 4. The minimum atomic E-state index is -0.428. The van der Waals surface area contributed by atoms with E-state index in [0.717, 1.165) is 49.7 Å². The molecule has 0 aliphatic heterocycles. The van der Waals surface area contributed by atoms with Gasteiger partial charge in [0.2, 0.25) is 0 Å². The molecule has 4 nitrogen and oxygen atoms in total.